The molecule has 0 aliphatic heterocycles. The van der Waals surface area contributed by atoms with Gasteiger partial charge in [0.15, 0.2) is 17.3 Å². The number of nitrogens with two attached hydrogens (primary N) is 1. The highest BCUT2D eigenvalue weighted by Crippen LogP contribution is 2.36. The van der Waals surface area contributed by atoms with Crippen molar-refractivity contribution < 1.29 is 9.47 Å². The van der Waals surface area contributed by atoms with E-state index in [9.17, 15) is 0 Å². The van der Waals surface area contributed by atoms with Gasteiger partial charge in [-0.15, -0.1) is 0 Å². The minimum Gasteiger partial charge on any atom is -0.493 e. The lowest BCUT2D eigenvalue weighted by Gasteiger charge is -2.13. The molecule has 0 saturated heterocycles. The Morgan fingerprint density at radius 1 is 1.15 bits per heavy atom. The van der Waals surface area contributed by atoms with E-state index in [1.165, 1.54) is 0 Å². The van der Waals surface area contributed by atoms with Gasteiger partial charge in [-0.1, -0.05) is 13.0 Å². The van der Waals surface area contributed by atoms with E-state index in [1.54, 1.807) is 14.2 Å². The van der Waals surface area contributed by atoms with Gasteiger partial charge in [0.2, 0.25) is 0 Å². The van der Waals surface area contributed by atoms with Crippen LogP contribution in [0.1, 0.15) is 18.2 Å². The van der Waals surface area contributed by atoms with Gasteiger partial charge in [-0.05, 0) is 25.5 Å². The highest BCUT2D eigenvalue weighted by Gasteiger charge is 2.16. The standard InChI is InChI=1S/C15H19N3O2/c1-5-10-9(2)17-15(18-14(10)16)11-7-6-8-12(19-3)13(11)20-4/h6-8H,5H2,1-4H3,(H2,16,17,18). The lowest BCUT2D eigenvalue weighted by molar-refractivity contribution is 0.356. The van der Waals surface area contributed by atoms with Crippen LogP contribution in [0.2, 0.25) is 0 Å². The van der Waals surface area contributed by atoms with Crippen molar-refractivity contribution in [2.45, 2.75) is 20.3 Å². The van der Waals surface area contributed by atoms with Gasteiger partial charge in [-0.3, -0.25) is 0 Å². The van der Waals surface area contributed by atoms with Crippen molar-refractivity contribution in [3.05, 3.63) is 29.5 Å². The summed E-state index contributed by atoms with van der Waals surface area (Å²) in [5.74, 6) is 2.32. The number of rotatable bonds is 4. The fourth-order valence-electron chi connectivity index (χ4n) is 2.24. The number of para-hydroxylation sites is 1. The van der Waals surface area contributed by atoms with E-state index in [0.29, 0.717) is 23.1 Å². The molecular weight excluding hydrogens is 254 g/mol. The first-order valence-corrected chi connectivity index (χ1v) is 6.46. The van der Waals surface area contributed by atoms with Crippen LogP contribution in [0.3, 0.4) is 0 Å². The molecule has 0 fully saturated rings. The molecule has 0 unspecified atom stereocenters. The second kappa shape index (κ2) is 5.77. The van der Waals surface area contributed by atoms with Crippen molar-refractivity contribution in [3.63, 3.8) is 0 Å². The molecule has 106 valence electrons. The summed E-state index contributed by atoms with van der Waals surface area (Å²) in [4.78, 5) is 8.92. The van der Waals surface area contributed by atoms with Crippen molar-refractivity contribution in [3.8, 4) is 22.9 Å². The van der Waals surface area contributed by atoms with E-state index in [1.807, 2.05) is 32.0 Å². The second-order valence-electron chi connectivity index (χ2n) is 4.39. The molecule has 0 bridgehead atoms. The summed E-state index contributed by atoms with van der Waals surface area (Å²) in [5.41, 5.74) is 8.65. The zero-order chi connectivity index (χ0) is 14.7. The number of hydrogen-bond donors (Lipinski definition) is 1. The lowest BCUT2D eigenvalue weighted by atomic mass is 10.1. The van der Waals surface area contributed by atoms with Crippen molar-refractivity contribution in [1.82, 2.24) is 9.97 Å². The van der Waals surface area contributed by atoms with Gasteiger partial charge in [0, 0.05) is 11.3 Å². The maximum atomic E-state index is 6.01. The van der Waals surface area contributed by atoms with E-state index in [0.717, 1.165) is 23.2 Å². The number of nitrogen functional groups attached to an aromatic ring is 1. The van der Waals surface area contributed by atoms with Gasteiger partial charge >= 0.3 is 0 Å². The summed E-state index contributed by atoms with van der Waals surface area (Å²) in [6, 6.07) is 5.60. The Labute approximate surface area is 118 Å². The Morgan fingerprint density at radius 2 is 1.90 bits per heavy atom. The maximum absolute atomic E-state index is 6.01. The van der Waals surface area contributed by atoms with Gasteiger partial charge in [0.05, 0.1) is 19.8 Å². The first-order valence-electron chi connectivity index (χ1n) is 6.46. The van der Waals surface area contributed by atoms with Crippen molar-refractivity contribution >= 4 is 5.82 Å². The van der Waals surface area contributed by atoms with Crippen LogP contribution < -0.4 is 15.2 Å². The van der Waals surface area contributed by atoms with Gasteiger partial charge < -0.3 is 15.2 Å². The smallest absolute Gasteiger partial charge is 0.171 e. The monoisotopic (exact) mass is 273 g/mol. The number of aromatic nitrogens is 2. The van der Waals surface area contributed by atoms with Gasteiger partial charge in [0.1, 0.15) is 5.82 Å². The van der Waals surface area contributed by atoms with Gasteiger partial charge in [0.25, 0.3) is 0 Å². The first kappa shape index (κ1) is 14.1. The van der Waals surface area contributed by atoms with E-state index in [-0.39, 0.29) is 0 Å². The Bertz CT molecular complexity index is 604. The summed E-state index contributed by atoms with van der Waals surface area (Å²) in [7, 11) is 3.19. The summed E-state index contributed by atoms with van der Waals surface area (Å²) in [5, 5.41) is 0. The van der Waals surface area contributed by atoms with Crippen LogP contribution in [0.15, 0.2) is 18.2 Å². The normalized spacial score (nSPS) is 10.4. The molecule has 5 heteroatoms. The predicted molar refractivity (Wildman–Crippen MR) is 79.1 cm³/mol. The molecule has 2 aromatic rings. The molecule has 0 atom stereocenters. The zero-order valence-electron chi connectivity index (χ0n) is 12.2. The highest BCUT2D eigenvalue weighted by atomic mass is 16.5. The molecule has 0 radical (unpaired) electrons. The van der Waals surface area contributed by atoms with Crippen LogP contribution >= 0.6 is 0 Å². The van der Waals surface area contributed by atoms with Crippen LogP contribution in [-0.4, -0.2) is 24.2 Å². The third kappa shape index (κ3) is 2.39. The van der Waals surface area contributed by atoms with Crippen LogP contribution in [0.5, 0.6) is 11.5 Å². The summed E-state index contributed by atoms with van der Waals surface area (Å²) in [6.07, 6.45) is 0.813. The molecule has 2 N–H and O–H groups in total. The molecule has 1 aromatic heterocycles. The fraction of sp³-hybridized carbons (Fsp3) is 0.333. The minimum atomic E-state index is 0.514. The van der Waals surface area contributed by atoms with E-state index in [2.05, 4.69) is 9.97 Å². The molecule has 0 aliphatic carbocycles. The fourth-order valence-corrected chi connectivity index (χ4v) is 2.24. The van der Waals surface area contributed by atoms with Crippen molar-refractivity contribution in [1.29, 1.82) is 0 Å². The van der Waals surface area contributed by atoms with Crippen molar-refractivity contribution in [2.75, 3.05) is 20.0 Å². The molecule has 1 aromatic carbocycles. The average Bonchev–Trinajstić information content (AvgIpc) is 2.45. The molecule has 1 heterocycles. The maximum Gasteiger partial charge on any atom is 0.171 e. The number of benzene rings is 1. The largest absolute Gasteiger partial charge is 0.493 e. The quantitative estimate of drug-likeness (QED) is 0.927. The molecular formula is C15H19N3O2. The van der Waals surface area contributed by atoms with Crippen LogP contribution in [0, 0.1) is 6.92 Å². The molecule has 20 heavy (non-hydrogen) atoms. The molecule has 0 saturated carbocycles. The second-order valence-corrected chi connectivity index (χ2v) is 4.39. The third-order valence-electron chi connectivity index (χ3n) is 3.24. The number of methoxy groups -OCH3 is 2. The molecule has 5 nitrogen and oxygen atoms in total. The summed E-state index contributed by atoms with van der Waals surface area (Å²) < 4.78 is 10.7. The first-order chi connectivity index (χ1) is 9.62. The number of aryl methyl sites for hydroxylation is 1. The van der Waals surface area contributed by atoms with E-state index in [4.69, 9.17) is 15.2 Å². The average molecular weight is 273 g/mol. The molecule has 0 aliphatic rings. The predicted octanol–water partition coefficient (Wildman–Crippen LogP) is 2.61. The molecule has 2 rings (SSSR count). The van der Waals surface area contributed by atoms with Crippen LogP contribution in [0.4, 0.5) is 5.82 Å². The van der Waals surface area contributed by atoms with Crippen LogP contribution in [0.25, 0.3) is 11.4 Å². The zero-order valence-corrected chi connectivity index (χ0v) is 12.2. The Kier molecular flexibility index (Phi) is 4.08. The lowest BCUT2D eigenvalue weighted by Crippen LogP contribution is -2.05. The molecule has 0 spiro atoms. The van der Waals surface area contributed by atoms with Gasteiger partial charge in [-0.2, -0.15) is 0 Å². The Balaban J connectivity index is 2.63. The Morgan fingerprint density at radius 3 is 2.45 bits per heavy atom. The van der Waals surface area contributed by atoms with Crippen molar-refractivity contribution in [2.24, 2.45) is 0 Å². The van der Waals surface area contributed by atoms with E-state index < -0.39 is 0 Å². The minimum absolute atomic E-state index is 0.514. The number of ether oxygens (including phenoxy) is 2. The van der Waals surface area contributed by atoms with Crippen LogP contribution in [-0.2, 0) is 6.42 Å². The van der Waals surface area contributed by atoms with E-state index >= 15 is 0 Å². The Hall–Kier alpha value is -2.30. The summed E-state index contributed by atoms with van der Waals surface area (Å²) in [6.45, 7) is 3.97. The third-order valence-corrected chi connectivity index (χ3v) is 3.24. The summed E-state index contributed by atoms with van der Waals surface area (Å²) >= 11 is 0. The number of anilines is 1. The number of hydrogen-bond acceptors (Lipinski definition) is 5. The SMILES string of the molecule is CCc1c(C)nc(-c2cccc(OC)c2OC)nc1N. The highest BCUT2D eigenvalue weighted by molar-refractivity contribution is 5.70. The topological polar surface area (TPSA) is 70.3 Å². The molecule has 0 amide bonds. The number of nitrogens with zero attached hydrogens (tertiary/aromatic N) is 2. The van der Waals surface area contributed by atoms with Gasteiger partial charge in [-0.25, -0.2) is 9.97 Å².